The van der Waals surface area contributed by atoms with E-state index in [0.717, 1.165) is 56.9 Å². The van der Waals surface area contributed by atoms with Gasteiger partial charge >= 0.3 is 12.2 Å². The number of carbonyl (C=O) groups excluding carboxylic acids is 4. The molecule has 1 unspecified atom stereocenters. The van der Waals surface area contributed by atoms with Gasteiger partial charge in [-0.3, -0.25) is 29.0 Å². The van der Waals surface area contributed by atoms with Crippen molar-refractivity contribution in [1.82, 2.24) is 19.6 Å². The lowest BCUT2D eigenvalue weighted by atomic mass is 9.73. The molecule has 1 aliphatic carbocycles. The minimum absolute atomic E-state index is 0.0672. The minimum atomic E-state index is -1.46. The number of carbonyl (C=O) groups is 6. The molecule has 3 aromatic carbocycles. The first-order valence-electron chi connectivity index (χ1n) is 23.2. The van der Waals surface area contributed by atoms with Crippen molar-refractivity contribution in [2.75, 3.05) is 27.2 Å². The highest BCUT2D eigenvalue weighted by Crippen LogP contribution is 2.49. The second-order valence-corrected chi connectivity index (χ2v) is 20.2. The van der Waals surface area contributed by atoms with Crippen LogP contribution in [0.5, 0.6) is 0 Å². The van der Waals surface area contributed by atoms with Crippen molar-refractivity contribution in [3.8, 4) is 0 Å². The van der Waals surface area contributed by atoms with E-state index in [-0.39, 0.29) is 36.3 Å². The second-order valence-electron chi connectivity index (χ2n) is 20.2. The predicted molar refractivity (Wildman–Crippen MR) is 254 cm³/mol. The summed E-state index contributed by atoms with van der Waals surface area (Å²) >= 11 is 0. The fraction of sp³-hybridized carbons (Fsp3) is 0.500. The van der Waals surface area contributed by atoms with Crippen LogP contribution in [0.25, 0.3) is 11.1 Å². The van der Waals surface area contributed by atoms with Crippen molar-refractivity contribution in [1.29, 1.82) is 0 Å². The number of allylic oxidation sites excluding steroid dienone is 2. The van der Waals surface area contributed by atoms with Crippen molar-refractivity contribution < 1.29 is 39.0 Å². The molecule has 2 fully saturated rings. The Morgan fingerprint density at radius 3 is 1.42 bits per heavy atom. The summed E-state index contributed by atoms with van der Waals surface area (Å²) in [6, 6.07) is 22.2. The van der Waals surface area contributed by atoms with Crippen LogP contribution in [0.4, 0.5) is 9.59 Å². The largest absolute Gasteiger partial charge is 0.465 e. The number of likely N-dealkylation sites (tertiary alicyclic amines) is 2. The number of benzene rings is 3. The number of primary amides is 2. The van der Waals surface area contributed by atoms with E-state index in [4.69, 9.17) is 11.5 Å². The van der Waals surface area contributed by atoms with Gasteiger partial charge in [-0.25, -0.2) is 9.59 Å². The molecular formula is C52H68N6O8. The summed E-state index contributed by atoms with van der Waals surface area (Å²) < 4.78 is 0. The molecule has 14 heteroatoms. The molecule has 66 heavy (non-hydrogen) atoms. The minimum Gasteiger partial charge on any atom is -0.465 e. The molecule has 0 spiro atoms. The second kappa shape index (κ2) is 19.0. The molecule has 3 aliphatic rings. The van der Waals surface area contributed by atoms with Gasteiger partial charge in [0.25, 0.3) is 0 Å². The molecule has 2 saturated heterocycles. The van der Waals surface area contributed by atoms with Gasteiger partial charge in [-0.1, -0.05) is 121 Å². The molecule has 0 saturated carbocycles. The molecule has 0 radical (unpaired) electrons. The van der Waals surface area contributed by atoms with Gasteiger partial charge in [0.1, 0.15) is 23.2 Å². The Hall–Kier alpha value is -6.18. The van der Waals surface area contributed by atoms with E-state index in [0.29, 0.717) is 36.8 Å². The van der Waals surface area contributed by atoms with Gasteiger partial charge in [-0.15, -0.1) is 0 Å². The zero-order chi connectivity index (χ0) is 48.6. The number of rotatable bonds is 13. The molecule has 2 heterocycles. The van der Waals surface area contributed by atoms with Crippen LogP contribution in [0.3, 0.4) is 0 Å². The summed E-state index contributed by atoms with van der Waals surface area (Å²) in [5, 5.41) is 19.7. The third kappa shape index (κ3) is 8.78. The average Bonchev–Trinajstić information content (AvgIpc) is 3.93. The Morgan fingerprint density at radius 1 is 0.636 bits per heavy atom. The Labute approximate surface area is 389 Å². The lowest BCUT2D eigenvalue weighted by Gasteiger charge is -2.40. The van der Waals surface area contributed by atoms with Gasteiger partial charge in [-0.05, 0) is 107 Å². The number of amides is 6. The molecule has 5 atom stereocenters. The highest BCUT2D eigenvalue weighted by Gasteiger charge is 2.54. The summed E-state index contributed by atoms with van der Waals surface area (Å²) in [4.78, 5) is 84.7. The van der Waals surface area contributed by atoms with E-state index < -0.39 is 59.0 Å². The number of likely N-dealkylation sites (N-methyl/N-ethyl adjacent to an activating group) is 2. The molecule has 6 amide bonds. The van der Waals surface area contributed by atoms with Crippen molar-refractivity contribution in [3.05, 3.63) is 106 Å². The molecule has 2 aliphatic heterocycles. The topological polar surface area (TPSA) is 208 Å². The maximum atomic E-state index is 14.2. The maximum absolute atomic E-state index is 14.2. The number of nitrogens with two attached hydrogens (primary N) is 2. The number of hydrogen-bond acceptors (Lipinski definition) is 6. The molecule has 6 rings (SSSR count). The van der Waals surface area contributed by atoms with E-state index in [1.54, 1.807) is 27.7 Å². The van der Waals surface area contributed by atoms with Gasteiger partial charge < -0.3 is 31.5 Å². The Bertz CT molecular complexity index is 2370. The smallest absolute Gasteiger partial charge is 0.407 e. The van der Waals surface area contributed by atoms with Gasteiger partial charge in [0.15, 0.2) is 0 Å². The first-order chi connectivity index (χ1) is 31.0. The zero-order valence-electron chi connectivity index (χ0n) is 40.0. The summed E-state index contributed by atoms with van der Waals surface area (Å²) in [6.45, 7) is 14.2. The number of hydrogen-bond donors (Lipinski definition) is 4. The van der Waals surface area contributed by atoms with Crippen molar-refractivity contribution >= 4 is 47.0 Å². The predicted octanol–water partition coefficient (Wildman–Crippen LogP) is 7.74. The fourth-order valence-electron chi connectivity index (χ4n) is 11.1. The Kier molecular flexibility index (Phi) is 14.2. The van der Waals surface area contributed by atoms with E-state index in [9.17, 15) is 39.0 Å². The maximum Gasteiger partial charge on any atom is 0.407 e. The number of nitrogens with zero attached hydrogens (tertiary/aromatic N) is 4. The van der Waals surface area contributed by atoms with E-state index in [1.807, 2.05) is 48.5 Å². The highest BCUT2D eigenvalue weighted by molar-refractivity contribution is 5.97. The zero-order valence-corrected chi connectivity index (χ0v) is 40.0. The third-order valence-corrected chi connectivity index (χ3v) is 14.5. The third-order valence-electron chi connectivity index (χ3n) is 14.5. The summed E-state index contributed by atoms with van der Waals surface area (Å²) in [5.41, 5.74) is 17.1. The molecule has 0 aromatic heterocycles. The highest BCUT2D eigenvalue weighted by atomic mass is 16.4. The van der Waals surface area contributed by atoms with Crippen molar-refractivity contribution in [2.24, 2.45) is 23.3 Å². The summed E-state index contributed by atoms with van der Waals surface area (Å²) in [6.07, 6.45) is 1.67. The van der Waals surface area contributed by atoms with Gasteiger partial charge in [0.2, 0.25) is 23.6 Å². The summed E-state index contributed by atoms with van der Waals surface area (Å²) in [7, 11) is 2.74. The van der Waals surface area contributed by atoms with Crippen LogP contribution in [0.2, 0.25) is 0 Å². The van der Waals surface area contributed by atoms with Crippen LogP contribution < -0.4 is 11.5 Å². The molecule has 6 N–H and O–H groups in total. The monoisotopic (exact) mass is 905 g/mol. The molecule has 14 nitrogen and oxygen atoms in total. The van der Waals surface area contributed by atoms with Crippen molar-refractivity contribution in [2.45, 2.75) is 128 Å². The molecule has 3 aromatic rings. The van der Waals surface area contributed by atoms with Crippen LogP contribution >= 0.6 is 0 Å². The Balaban J connectivity index is 1.43. The normalized spacial score (nSPS) is 22.1. The van der Waals surface area contributed by atoms with E-state index >= 15 is 0 Å². The van der Waals surface area contributed by atoms with Crippen LogP contribution in [0, 0.1) is 11.8 Å². The van der Waals surface area contributed by atoms with Crippen LogP contribution in [0.1, 0.15) is 133 Å². The lowest BCUT2D eigenvalue weighted by Crippen LogP contribution is -2.59. The molecular weight excluding hydrogens is 837 g/mol. The van der Waals surface area contributed by atoms with Gasteiger partial charge in [0, 0.05) is 33.1 Å². The molecule has 0 bridgehead atoms. The Morgan fingerprint density at radius 2 is 1.05 bits per heavy atom. The SMILES string of the molecule is CC(C)[C@@H](C(=O)N1CCC[C@@]1(C(N)=O)c1ccc(C2=C(c3ccc(C(C)(C)C)cc3)C(c3ccc([C@]4(C(N)=O)CCCN4C(=O)[C@H](C(C)C)N(C)C(=O)O)cc3)CCC2)cc1)N(C)C(=O)O. The van der Waals surface area contributed by atoms with Crippen molar-refractivity contribution in [3.63, 3.8) is 0 Å². The van der Waals surface area contributed by atoms with E-state index in [1.165, 1.54) is 29.5 Å². The fourth-order valence-corrected chi connectivity index (χ4v) is 11.1. The summed E-state index contributed by atoms with van der Waals surface area (Å²) in [5.74, 6) is -3.03. The van der Waals surface area contributed by atoms with Gasteiger partial charge in [-0.2, -0.15) is 0 Å². The first-order valence-corrected chi connectivity index (χ1v) is 23.2. The molecule has 354 valence electrons. The van der Waals surface area contributed by atoms with Gasteiger partial charge in [0.05, 0.1) is 0 Å². The number of carboxylic acid groups (broad SMARTS) is 2. The van der Waals surface area contributed by atoms with Crippen LogP contribution in [0.15, 0.2) is 72.8 Å². The lowest BCUT2D eigenvalue weighted by molar-refractivity contribution is -0.148. The standard InChI is InChI=1S/C52H68N6O8/c1-31(2)42(55(8)48(63)64)44(59)57-29-11-27-51(57,46(53)61)37-23-15-33(16-24-37)39-13-10-14-40(41(39)35-19-21-36(22-20-35)50(5,6)7)34-17-25-38(26-18-34)52(47(54)62)28-12-30-58(52)45(60)43(32(3)4)56(9)49(65)66/h15-26,31-32,39,42-43H,10-14,27-30H2,1-9H3,(H2,53,61)(H2,54,62)(H,63,64)(H,65,66)/t39?,42-,43-,51-,52-/m0/s1. The van der Waals surface area contributed by atoms with E-state index in [2.05, 4.69) is 45.0 Å². The first kappa shape index (κ1) is 49.3. The van der Waals surface area contributed by atoms with Crippen LogP contribution in [-0.2, 0) is 35.7 Å². The average molecular weight is 905 g/mol. The van der Waals surface area contributed by atoms with Crippen LogP contribution in [-0.4, -0.2) is 105 Å². The quantitative estimate of drug-likeness (QED) is 0.133.